The summed E-state index contributed by atoms with van der Waals surface area (Å²) in [6, 6.07) is 14.4. The number of carbonyl (C=O) groups excluding carboxylic acids is 1. The van der Waals surface area contributed by atoms with Crippen molar-refractivity contribution in [2.75, 3.05) is 0 Å². The van der Waals surface area contributed by atoms with Gasteiger partial charge in [0.2, 0.25) is 5.91 Å². The summed E-state index contributed by atoms with van der Waals surface area (Å²) in [7, 11) is 0. The van der Waals surface area contributed by atoms with Crippen LogP contribution in [-0.2, 0) is 11.3 Å². The zero-order valence-electron chi connectivity index (χ0n) is 14.8. The van der Waals surface area contributed by atoms with Crippen LogP contribution in [0.3, 0.4) is 0 Å². The van der Waals surface area contributed by atoms with Crippen molar-refractivity contribution in [1.29, 1.82) is 5.26 Å². The maximum atomic E-state index is 12.7. The minimum absolute atomic E-state index is 0.00610. The minimum atomic E-state index is -0.750. The fraction of sp³-hybridized carbons (Fsp3) is 0.619. The largest absolute Gasteiger partial charge is 0.352 e. The van der Waals surface area contributed by atoms with Crippen molar-refractivity contribution in [3.63, 3.8) is 0 Å². The molecular weight excluding hydrogens is 310 g/mol. The maximum absolute atomic E-state index is 12.7. The predicted molar refractivity (Wildman–Crippen MR) is 96.5 cm³/mol. The molecule has 1 N–H and O–H groups in total. The van der Waals surface area contributed by atoms with Crippen LogP contribution in [0.2, 0.25) is 0 Å². The quantitative estimate of drug-likeness (QED) is 0.916. The molecule has 2 unspecified atom stereocenters. The molecule has 1 aromatic rings. The first kappa shape index (κ1) is 16.6. The number of fused-ring (bicyclic) bond motifs is 2. The van der Waals surface area contributed by atoms with Crippen LogP contribution in [0.4, 0.5) is 0 Å². The first-order valence-electron chi connectivity index (χ1n) is 9.72. The monoisotopic (exact) mass is 337 g/mol. The summed E-state index contributed by atoms with van der Waals surface area (Å²) in [6.07, 6.45) is 7.97. The van der Waals surface area contributed by atoms with Crippen molar-refractivity contribution in [2.45, 2.75) is 76.0 Å². The van der Waals surface area contributed by atoms with E-state index >= 15 is 0 Å². The molecule has 2 heterocycles. The van der Waals surface area contributed by atoms with Crippen LogP contribution in [0.25, 0.3) is 0 Å². The Hall–Kier alpha value is -1.86. The summed E-state index contributed by atoms with van der Waals surface area (Å²) in [5, 5.41) is 12.8. The Balaban J connectivity index is 1.38. The van der Waals surface area contributed by atoms with E-state index in [0.29, 0.717) is 12.1 Å². The second kappa shape index (κ2) is 6.80. The molecule has 2 bridgehead atoms. The van der Waals surface area contributed by atoms with Crippen LogP contribution in [0.5, 0.6) is 0 Å². The summed E-state index contributed by atoms with van der Waals surface area (Å²) in [6.45, 7) is 1.01. The molecule has 2 aliphatic heterocycles. The molecule has 1 saturated carbocycles. The van der Waals surface area contributed by atoms with Gasteiger partial charge in [-0.1, -0.05) is 43.2 Å². The number of rotatable bonds is 4. The molecule has 25 heavy (non-hydrogen) atoms. The molecule has 0 radical (unpaired) electrons. The minimum Gasteiger partial charge on any atom is -0.352 e. The lowest BCUT2D eigenvalue weighted by Gasteiger charge is -2.40. The van der Waals surface area contributed by atoms with E-state index in [1.807, 2.05) is 0 Å². The van der Waals surface area contributed by atoms with Gasteiger partial charge in [-0.25, -0.2) is 0 Å². The summed E-state index contributed by atoms with van der Waals surface area (Å²) in [5.74, 6) is -0.00610. The van der Waals surface area contributed by atoms with E-state index in [2.05, 4.69) is 46.6 Å². The number of hydrogen-bond donors (Lipinski definition) is 1. The van der Waals surface area contributed by atoms with E-state index in [4.69, 9.17) is 0 Å². The number of amides is 1. The lowest BCUT2D eigenvalue weighted by Crippen LogP contribution is -2.52. The van der Waals surface area contributed by atoms with Gasteiger partial charge in [-0.3, -0.25) is 9.69 Å². The summed E-state index contributed by atoms with van der Waals surface area (Å²) in [4.78, 5) is 15.4. The topological polar surface area (TPSA) is 56.1 Å². The van der Waals surface area contributed by atoms with E-state index in [0.717, 1.165) is 45.1 Å². The van der Waals surface area contributed by atoms with Crippen LogP contribution in [0.1, 0.15) is 56.9 Å². The van der Waals surface area contributed by atoms with Crippen molar-refractivity contribution in [3.05, 3.63) is 35.9 Å². The van der Waals surface area contributed by atoms with Gasteiger partial charge in [-0.05, 0) is 44.1 Å². The highest BCUT2D eigenvalue weighted by Gasteiger charge is 2.45. The molecule has 4 heteroatoms. The van der Waals surface area contributed by atoms with Crippen molar-refractivity contribution >= 4 is 5.91 Å². The highest BCUT2D eigenvalue weighted by Crippen LogP contribution is 2.40. The SMILES string of the molecule is N#CC1(C(=O)NC2CC3CCC(C2)N3Cc2ccccc2)CCCC1. The number of carbonyl (C=O) groups is 1. The molecule has 132 valence electrons. The molecule has 2 atom stereocenters. The second-order valence-electron chi connectivity index (χ2n) is 8.09. The molecule has 3 fully saturated rings. The standard InChI is InChI=1S/C21H27N3O/c22-15-21(10-4-5-11-21)20(25)23-17-12-18-8-9-19(13-17)24(18)14-16-6-2-1-3-7-16/h1-3,6-7,17-19H,4-5,8-14H2,(H,23,25). The van der Waals surface area contributed by atoms with E-state index in [1.54, 1.807) is 0 Å². The third kappa shape index (κ3) is 3.18. The normalized spacial score (nSPS) is 30.8. The number of piperidine rings is 1. The maximum Gasteiger partial charge on any atom is 0.240 e. The fourth-order valence-electron chi connectivity index (χ4n) is 5.14. The molecule has 4 nitrogen and oxygen atoms in total. The number of nitriles is 1. The van der Waals surface area contributed by atoms with E-state index < -0.39 is 5.41 Å². The molecule has 1 aliphatic carbocycles. The molecule has 2 saturated heterocycles. The van der Waals surface area contributed by atoms with Gasteiger partial charge in [0.05, 0.1) is 6.07 Å². The smallest absolute Gasteiger partial charge is 0.240 e. The van der Waals surface area contributed by atoms with Gasteiger partial charge < -0.3 is 5.32 Å². The van der Waals surface area contributed by atoms with Crippen molar-refractivity contribution in [1.82, 2.24) is 10.2 Å². The Bertz CT molecular complexity index is 645. The van der Waals surface area contributed by atoms with Crippen molar-refractivity contribution in [2.24, 2.45) is 5.41 Å². The third-order valence-electron chi connectivity index (χ3n) is 6.53. The van der Waals surface area contributed by atoms with Crippen LogP contribution in [0.15, 0.2) is 30.3 Å². The predicted octanol–water partition coefficient (Wildman–Crippen LogP) is 3.38. The number of hydrogen-bond acceptors (Lipinski definition) is 3. The van der Waals surface area contributed by atoms with Crippen LogP contribution >= 0.6 is 0 Å². The molecule has 0 aromatic heterocycles. The van der Waals surface area contributed by atoms with Crippen molar-refractivity contribution in [3.8, 4) is 6.07 Å². The molecule has 1 aromatic carbocycles. The van der Waals surface area contributed by atoms with Crippen LogP contribution in [-0.4, -0.2) is 28.9 Å². The van der Waals surface area contributed by atoms with Crippen molar-refractivity contribution < 1.29 is 4.79 Å². The molecule has 4 rings (SSSR count). The Morgan fingerprint density at radius 2 is 1.80 bits per heavy atom. The zero-order valence-corrected chi connectivity index (χ0v) is 14.8. The summed E-state index contributed by atoms with van der Waals surface area (Å²) < 4.78 is 0. The van der Waals surface area contributed by atoms with Gasteiger partial charge in [0.25, 0.3) is 0 Å². The van der Waals surface area contributed by atoms with Gasteiger partial charge in [-0.15, -0.1) is 0 Å². The Labute approximate surface area is 150 Å². The third-order valence-corrected chi connectivity index (χ3v) is 6.53. The molecule has 0 spiro atoms. The number of nitrogens with one attached hydrogen (secondary N) is 1. The number of benzene rings is 1. The Kier molecular flexibility index (Phi) is 4.52. The van der Waals surface area contributed by atoms with Gasteiger partial charge in [0.1, 0.15) is 5.41 Å². The van der Waals surface area contributed by atoms with E-state index in [1.165, 1.54) is 18.4 Å². The highest BCUT2D eigenvalue weighted by atomic mass is 16.2. The molecular formula is C21H27N3O. The fourth-order valence-corrected chi connectivity index (χ4v) is 5.14. The van der Waals surface area contributed by atoms with E-state index in [-0.39, 0.29) is 11.9 Å². The second-order valence-corrected chi connectivity index (χ2v) is 8.09. The summed E-state index contributed by atoms with van der Waals surface area (Å²) >= 11 is 0. The van der Waals surface area contributed by atoms with Crippen LogP contribution < -0.4 is 5.32 Å². The van der Waals surface area contributed by atoms with Gasteiger partial charge in [-0.2, -0.15) is 5.26 Å². The van der Waals surface area contributed by atoms with Crippen LogP contribution in [0, 0.1) is 16.7 Å². The highest BCUT2D eigenvalue weighted by molar-refractivity contribution is 5.86. The van der Waals surface area contributed by atoms with Gasteiger partial charge in [0.15, 0.2) is 0 Å². The average Bonchev–Trinajstić information content (AvgIpc) is 3.20. The first-order chi connectivity index (χ1) is 12.2. The zero-order chi connectivity index (χ0) is 17.3. The van der Waals surface area contributed by atoms with Gasteiger partial charge in [0, 0.05) is 24.7 Å². The molecule has 3 aliphatic rings. The summed E-state index contributed by atoms with van der Waals surface area (Å²) in [5.41, 5.74) is 0.622. The lowest BCUT2D eigenvalue weighted by molar-refractivity contribution is -0.129. The first-order valence-corrected chi connectivity index (χ1v) is 9.72. The van der Waals surface area contributed by atoms with Gasteiger partial charge >= 0.3 is 0 Å². The average molecular weight is 337 g/mol. The Morgan fingerprint density at radius 3 is 2.40 bits per heavy atom. The van der Waals surface area contributed by atoms with E-state index in [9.17, 15) is 10.1 Å². The Morgan fingerprint density at radius 1 is 1.16 bits per heavy atom. The molecule has 1 amide bonds. The lowest BCUT2D eigenvalue weighted by atomic mass is 9.86. The number of nitrogens with zero attached hydrogens (tertiary/aromatic N) is 2.